The zero-order valence-corrected chi connectivity index (χ0v) is 8.08. The Morgan fingerprint density at radius 3 is 2.69 bits per heavy atom. The molecule has 0 amide bonds. The lowest BCUT2D eigenvalue weighted by molar-refractivity contribution is 0.406. The number of ether oxygens (including phenoxy) is 1. The zero-order valence-electron chi connectivity index (χ0n) is 8.08. The lowest BCUT2D eigenvalue weighted by Crippen LogP contribution is -2.14. The lowest BCUT2D eigenvalue weighted by atomic mass is 10.1. The van der Waals surface area contributed by atoms with E-state index < -0.39 is 0 Å². The van der Waals surface area contributed by atoms with Crippen LogP contribution in [0.15, 0.2) is 36.9 Å². The maximum Gasteiger partial charge on any atom is 0.123 e. The molecule has 0 heterocycles. The monoisotopic (exact) mass is 177 g/mol. The molecule has 2 nitrogen and oxygen atoms in total. The Balaban J connectivity index is 3.03. The van der Waals surface area contributed by atoms with Gasteiger partial charge in [0.2, 0.25) is 0 Å². The van der Waals surface area contributed by atoms with Crippen LogP contribution in [0.2, 0.25) is 0 Å². The fourth-order valence-corrected chi connectivity index (χ4v) is 1.32. The van der Waals surface area contributed by atoms with E-state index in [1.165, 1.54) is 0 Å². The van der Waals surface area contributed by atoms with Crippen molar-refractivity contribution in [3.63, 3.8) is 0 Å². The second-order valence-electron chi connectivity index (χ2n) is 2.74. The standard InChI is InChI=1S/C11H15NO/c1-4-10(12-2)9-7-5-6-8-11(9)13-3/h4-8,10,12H,1H2,2-3H3. The molecule has 0 aliphatic carbocycles. The highest BCUT2D eigenvalue weighted by molar-refractivity contribution is 5.37. The molecule has 0 radical (unpaired) electrons. The van der Waals surface area contributed by atoms with Crippen LogP contribution in [0.1, 0.15) is 11.6 Å². The Bertz CT molecular complexity index is 283. The van der Waals surface area contributed by atoms with E-state index in [9.17, 15) is 0 Å². The molecule has 1 atom stereocenters. The summed E-state index contributed by atoms with van der Waals surface area (Å²) in [4.78, 5) is 0. The number of methoxy groups -OCH3 is 1. The number of rotatable bonds is 4. The third-order valence-corrected chi connectivity index (χ3v) is 2.02. The van der Waals surface area contributed by atoms with E-state index in [2.05, 4.69) is 11.9 Å². The summed E-state index contributed by atoms with van der Waals surface area (Å²) in [7, 11) is 3.58. The third kappa shape index (κ3) is 2.10. The van der Waals surface area contributed by atoms with E-state index in [4.69, 9.17) is 4.74 Å². The molecule has 2 heteroatoms. The van der Waals surface area contributed by atoms with Gasteiger partial charge in [0.05, 0.1) is 13.2 Å². The highest BCUT2D eigenvalue weighted by atomic mass is 16.5. The average Bonchev–Trinajstić information content (AvgIpc) is 2.20. The van der Waals surface area contributed by atoms with Crippen LogP contribution >= 0.6 is 0 Å². The first-order chi connectivity index (χ1) is 6.33. The van der Waals surface area contributed by atoms with Gasteiger partial charge in [0.1, 0.15) is 5.75 Å². The number of hydrogen-bond donors (Lipinski definition) is 1. The van der Waals surface area contributed by atoms with Crippen molar-refractivity contribution in [1.82, 2.24) is 5.32 Å². The minimum atomic E-state index is 0.149. The number of benzene rings is 1. The summed E-state index contributed by atoms with van der Waals surface area (Å²) in [5, 5.41) is 3.14. The van der Waals surface area contributed by atoms with Crippen molar-refractivity contribution < 1.29 is 4.74 Å². The molecule has 0 aliphatic rings. The van der Waals surface area contributed by atoms with Crippen molar-refractivity contribution in [2.75, 3.05) is 14.2 Å². The minimum Gasteiger partial charge on any atom is -0.496 e. The molecular formula is C11H15NO. The quantitative estimate of drug-likeness (QED) is 0.711. The summed E-state index contributed by atoms with van der Waals surface area (Å²) in [6.07, 6.45) is 1.86. The predicted octanol–water partition coefficient (Wildman–Crippen LogP) is 2.14. The van der Waals surface area contributed by atoms with Gasteiger partial charge in [-0.25, -0.2) is 0 Å². The van der Waals surface area contributed by atoms with E-state index in [-0.39, 0.29) is 6.04 Å². The number of hydrogen-bond acceptors (Lipinski definition) is 2. The number of nitrogens with one attached hydrogen (secondary N) is 1. The van der Waals surface area contributed by atoms with E-state index >= 15 is 0 Å². The van der Waals surface area contributed by atoms with Gasteiger partial charge in [-0.05, 0) is 13.1 Å². The van der Waals surface area contributed by atoms with Crippen LogP contribution in [0.4, 0.5) is 0 Å². The molecule has 1 aromatic rings. The smallest absolute Gasteiger partial charge is 0.123 e. The summed E-state index contributed by atoms with van der Waals surface area (Å²) in [5.74, 6) is 0.891. The molecule has 13 heavy (non-hydrogen) atoms. The molecule has 0 spiro atoms. The minimum absolute atomic E-state index is 0.149. The summed E-state index contributed by atoms with van der Waals surface area (Å²) in [6, 6.07) is 8.07. The Morgan fingerprint density at radius 1 is 1.46 bits per heavy atom. The summed E-state index contributed by atoms with van der Waals surface area (Å²) in [6.45, 7) is 3.77. The molecule has 1 aromatic carbocycles. The Morgan fingerprint density at radius 2 is 2.15 bits per heavy atom. The molecule has 0 bridgehead atoms. The van der Waals surface area contributed by atoms with Gasteiger partial charge in [-0.15, -0.1) is 6.58 Å². The Kier molecular flexibility index (Phi) is 3.53. The number of likely N-dealkylation sites (N-methyl/N-ethyl adjacent to an activating group) is 1. The molecular weight excluding hydrogens is 162 g/mol. The molecule has 0 fully saturated rings. The van der Waals surface area contributed by atoms with E-state index in [1.807, 2.05) is 37.4 Å². The predicted molar refractivity (Wildman–Crippen MR) is 55.0 cm³/mol. The van der Waals surface area contributed by atoms with Gasteiger partial charge in [0, 0.05) is 5.56 Å². The molecule has 1 unspecified atom stereocenters. The lowest BCUT2D eigenvalue weighted by Gasteiger charge is -2.14. The van der Waals surface area contributed by atoms with Gasteiger partial charge in [0.25, 0.3) is 0 Å². The molecule has 1 rings (SSSR count). The fourth-order valence-electron chi connectivity index (χ4n) is 1.32. The number of para-hydroxylation sites is 1. The van der Waals surface area contributed by atoms with Crippen LogP contribution in [0.3, 0.4) is 0 Å². The summed E-state index contributed by atoms with van der Waals surface area (Å²) < 4.78 is 5.24. The van der Waals surface area contributed by atoms with Crippen LogP contribution < -0.4 is 10.1 Å². The van der Waals surface area contributed by atoms with Gasteiger partial charge < -0.3 is 10.1 Å². The van der Waals surface area contributed by atoms with Gasteiger partial charge >= 0.3 is 0 Å². The fraction of sp³-hybridized carbons (Fsp3) is 0.273. The normalized spacial score (nSPS) is 12.2. The van der Waals surface area contributed by atoms with Crippen LogP contribution in [0, 0.1) is 0 Å². The van der Waals surface area contributed by atoms with Crippen LogP contribution in [-0.2, 0) is 0 Å². The SMILES string of the molecule is C=CC(NC)c1ccccc1OC. The first kappa shape index (κ1) is 9.81. The first-order valence-electron chi connectivity index (χ1n) is 4.26. The van der Waals surface area contributed by atoms with Gasteiger partial charge in [-0.3, -0.25) is 0 Å². The van der Waals surface area contributed by atoms with Gasteiger partial charge in [-0.2, -0.15) is 0 Å². The second-order valence-corrected chi connectivity index (χ2v) is 2.74. The molecule has 1 N–H and O–H groups in total. The van der Waals surface area contributed by atoms with Crippen LogP contribution in [0.25, 0.3) is 0 Å². The topological polar surface area (TPSA) is 21.3 Å². The van der Waals surface area contributed by atoms with Gasteiger partial charge in [-0.1, -0.05) is 24.3 Å². The van der Waals surface area contributed by atoms with Crippen molar-refractivity contribution >= 4 is 0 Å². The van der Waals surface area contributed by atoms with Crippen LogP contribution in [0.5, 0.6) is 5.75 Å². The van der Waals surface area contributed by atoms with E-state index in [0.29, 0.717) is 0 Å². The van der Waals surface area contributed by atoms with Crippen molar-refractivity contribution in [3.05, 3.63) is 42.5 Å². The maximum atomic E-state index is 5.24. The van der Waals surface area contributed by atoms with E-state index in [1.54, 1.807) is 7.11 Å². The van der Waals surface area contributed by atoms with E-state index in [0.717, 1.165) is 11.3 Å². The molecule has 0 aliphatic heterocycles. The summed E-state index contributed by atoms with van der Waals surface area (Å²) >= 11 is 0. The third-order valence-electron chi connectivity index (χ3n) is 2.02. The highest BCUT2D eigenvalue weighted by Gasteiger charge is 2.08. The van der Waals surface area contributed by atoms with Gasteiger partial charge in [0.15, 0.2) is 0 Å². The average molecular weight is 177 g/mol. The van der Waals surface area contributed by atoms with Crippen molar-refractivity contribution in [1.29, 1.82) is 0 Å². The molecule has 70 valence electrons. The Labute approximate surface area is 79.2 Å². The zero-order chi connectivity index (χ0) is 9.68. The molecule has 0 saturated heterocycles. The van der Waals surface area contributed by atoms with Crippen molar-refractivity contribution in [3.8, 4) is 5.75 Å². The molecule has 0 saturated carbocycles. The first-order valence-corrected chi connectivity index (χ1v) is 4.26. The van der Waals surface area contributed by atoms with Crippen molar-refractivity contribution in [2.45, 2.75) is 6.04 Å². The van der Waals surface area contributed by atoms with Crippen LogP contribution in [-0.4, -0.2) is 14.2 Å². The Hall–Kier alpha value is -1.28. The summed E-state index contributed by atoms with van der Waals surface area (Å²) in [5.41, 5.74) is 1.11. The highest BCUT2D eigenvalue weighted by Crippen LogP contribution is 2.24. The largest absolute Gasteiger partial charge is 0.496 e. The second kappa shape index (κ2) is 4.67. The maximum absolute atomic E-state index is 5.24. The molecule has 0 aromatic heterocycles. The van der Waals surface area contributed by atoms with Crippen molar-refractivity contribution in [2.24, 2.45) is 0 Å².